The van der Waals surface area contributed by atoms with E-state index < -0.39 is 12.1 Å². The largest absolute Gasteiger partial charge is 0.497 e. The first-order chi connectivity index (χ1) is 14.5. The molecule has 0 spiro atoms. The van der Waals surface area contributed by atoms with Gasteiger partial charge in [0, 0.05) is 37.0 Å². The summed E-state index contributed by atoms with van der Waals surface area (Å²) in [4.78, 5) is 17.6. The van der Waals surface area contributed by atoms with Crippen molar-refractivity contribution < 1.29 is 19.0 Å². The second-order valence-corrected chi connectivity index (χ2v) is 7.48. The first-order valence-electron chi connectivity index (χ1n) is 9.44. The summed E-state index contributed by atoms with van der Waals surface area (Å²) >= 11 is 6.07. The number of aryl methyl sites for hydroxylation is 1. The molecule has 0 radical (unpaired) electrons. The van der Waals surface area contributed by atoms with Gasteiger partial charge in [0.1, 0.15) is 29.1 Å². The summed E-state index contributed by atoms with van der Waals surface area (Å²) in [6.45, 7) is 0. The Morgan fingerprint density at radius 1 is 1.23 bits per heavy atom. The van der Waals surface area contributed by atoms with E-state index in [1.165, 1.54) is 0 Å². The lowest BCUT2D eigenvalue weighted by Gasteiger charge is -2.22. The highest BCUT2D eigenvalue weighted by Gasteiger charge is 2.32. The van der Waals surface area contributed by atoms with E-state index in [0.29, 0.717) is 34.5 Å². The van der Waals surface area contributed by atoms with Gasteiger partial charge in [-0.2, -0.15) is 0 Å². The van der Waals surface area contributed by atoms with Crippen molar-refractivity contribution in [2.24, 2.45) is 7.05 Å². The fourth-order valence-corrected chi connectivity index (χ4v) is 3.74. The summed E-state index contributed by atoms with van der Waals surface area (Å²) in [5.74, 6) is 2.36. The summed E-state index contributed by atoms with van der Waals surface area (Å²) in [5.41, 5.74) is 1.70. The molecule has 156 valence electrons. The lowest BCUT2D eigenvalue weighted by Crippen LogP contribution is -2.40. The number of imidazole rings is 1. The molecule has 2 unspecified atom stereocenters. The number of halogens is 1. The van der Waals surface area contributed by atoms with Crippen LogP contribution in [0.5, 0.6) is 17.2 Å². The van der Waals surface area contributed by atoms with Crippen molar-refractivity contribution in [3.05, 3.63) is 70.8 Å². The van der Waals surface area contributed by atoms with Crippen molar-refractivity contribution in [1.29, 1.82) is 0 Å². The predicted molar refractivity (Wildman–Crippen MR) is 112 cm³/mol. The fourth-order valence-electron chi connectivity index (χ4n) is 3.55. The second-order valence-electron chi connectivity index (χ2n) is 7.05. The van der Waals surface area contributed by atoms with Crippen LogP contribution in [0.15, 0.2) is 48.8 Å². The molecule has 2 atom stereocenters. The van der Waals surface area contributed by atoms with Crippen LogP contribution in [-0.4, -0.2) is 35.8 Å². The Bertz CT molecular complexity index is 1060. The Morgan fingerprint density at radius 2 is 1.97 bits per heavy atom. The Hall–Kier alpha value is -3.19. The summed E-state index contributed by atoms with van der Waals surface area (Å²) in [6, 6.07) is 10.3. The van der Waals surface area contributed by atoms with Gasteiger partial charge in [-0.1, -0.05) is 11.6 Å². The topological polar surface area (TPSA) is 74.6 Å². The number of rotatable bonds is 6. The zero-order chi connectivity index (χ0) is 21.3. The number of nitrogens with one attached hydrogen (secondary N) is 1. The van der Waals surface area contributed by atoms with Gasteiger partial charge in [0.2, 0.25) is 0 Å². The maximum Gasteiger partial charge on any atom is 0.262 e. The van der Waals surface area contributed by atoms with E-state index in [0.717, 1.165) is 11.1 Å². The number of methoxy groups -OCH3 is 2. The van der Waals surface area contributed by atoms with Crippen LogP contribution in [0, 0.1) is 0 Å². The van der Waals surface area contributed by atoms with Gasteiger partial charge in [-0.3, -0.25) is 4.79 Å². The molecule has 8 heteroatoms. The van der Waals surface area contributed by atoms with Crippen LogP contribution in [0.25, 0.3) is 0 Å². The molecular weight excluding hydrogens is 406 g/mol. The third-order valence-corrected chi connectivity index (χ3v) is 5.33. The molecular formula is C22H22ClN3O4. The highest BCUT2D eigenvalue weighted by molar-refractivity contribution is 6.30. The molecule has 1 aliphatic rings. The Balaban J connectivity index is 1.64. The Labute approximate surface area is 179 Å². The average molecular weight is 428 g/mol. The minimum Gasteiger partial charge on any atom is -0.497 e. The van der Waals surface area contributed by atoms with Crippen LogP contribution in [0.3, 0.4) is 0 Å². The standard InChI is InChI=1S/C22H22ClN3O4/c1-26-7-6-24-21(26)20(14-9-16(28-2)12-17(10-14)29-3)25-22(27)19-11-13-8-15(23)4-5-18(13)30-19/h4-10,12,19-20H,11H2,1-3H3,(H,25,27). The van der Waals surface area contributed by atoms with E-state index in [2.05, 4.69) is 10.3 Å². The number of hydrogen-bond donors (Lipinski definition) is 1. The molecule has 4 rings (SSSR count). The van der Waals surface area contributed by atoms with Gasteiger partial charge in [0.25, 0.3) is 5.91 Å². The predicted octanol–water partition coefficient (Wildman–Crippen LogP) is 3.30. The van der Waals surface area contributed by atoms with E-state index in [4.69, 9.17) is 25.8 Å². The highest BCUT2D eigenvalue weighted by atomic mass is 35.5. The molecule has 1 aliphatic heterocycles. The first-order valence-corrected chi connectivity index (χ1v) is 9.82. The number of amides is 1. The molecule has 30 heavy (non-hydrogen) atoms. The molecule has 2 aromatic carbocycles. The maximum absolute atomic E-state index is 13.1. The van der Waals surface area contributed by atoms with Crippen molar-refractivity contribution in [2.75, 3.05) is 14.2 Å². The Kier molecular flexibility index (Phi) is 5.55. The van der Waals surface area contributed by atoms with Gasteiger partial charge < -0.3 is 24.1 Å². The van der Waals surface area contributed by atoms with Crippen molar-refractivity contribution in [3.63, 3.8) is 0 Å². The molecule has 3 aromatic rings. The maximum atomic E-state index is 13.1. The molecule has 0 saturated heterocycles. The van der Waals surface area contributed by atoms with Gasteiger partial charge in [0.15, 0.2) is 6.10 Å². The molecule has 0 saturated carbocycles. The van der Waals surface area contributed by atoms with E-state index in [9.17, 15) is 4.79 Å². The number of fused-ring (bicyclic) bond motifs is 1. The number of nitrogens with zero attached hydrogens (tertiary/aromatic N) is 2. The first kappa shape index (κ1) is 20.1. The van der Waals surface area contributed by atoms with Crippen molar-refractivity contribution >= 4 is 17.5 Å². The lowest BCUT2D eigenvalue weighted by atomic mass is 10.0. The van der Waals surface area contributed by atoms with Crippen LogP contribution in [-0.2, 0) is 18.3 Å². The lowest BCUT2D eigenvalue weighted by molar-refractivity contribution is -0.127. The molecule has 1 amide bonds. The molecule has 2 heterocycles. The van der Waals surface area contributed by atoms with Crippen molar-refractivity contribution in [2.45, 2.75) is 18.6 Å². The SMILES string of the molecule is COc1cc(OC)cc(C(NC(=O)C2Cc3cc(Cl)ccc3O2)c2nccn2C)c1. The smallest absolute Gasteiger partial charge is 0.262 e. The number of ether oxygens (including phenoxy) is 3. The molecule has 0 aliphatic carbocycles. The third-order valence-electron chi connectivity index (χ3n) is 5.10. The van der Waals surface area contributed by atoms with Crippen LogP contribution in [0.4, 0.5) is 0 Å². The van der Waals surface area contributed by atoms with Crippen LogP contribution in [0.2, 0.25) is 5.02 Å². The quantitative estimate of drug-likeness (QED) is 0.653. The molecule has 0 bridgehead atoms. The van der Waals surface area contributed by atoms with Crippen molar-refractivity contribution in [1.82, 2.24) is 14.9 Å². The number of carbonyl (C=O) groups excluding carboxylic acids is 1. The number of hydrogen-bond acceptors (Lipinski definition) is 5. The molecule has 1 aromatic heterocycles. The van der Waals surface area contributed by atoms with Gasteiger partial charge in [-0.15, -0.1) is 0 Å². The zero-order valence-electron chi connectivity index (χ0n) is 16.9. The molecule has 7 nitrogen and oxygen atoms in total. The van der Waals surface area contributed by atoms with Gasteiger partial charge in [-0.05, 0) is 41.5 Å². The van der Waals surface area contributed by atoms with Gasteiger partial charge >= 0.3 is 0 Å². The normalized spacial score (nSPS) is 15.8. The third kappa shape index (κ3) is 3.93. The van der Waals surface area contributed by atoms with E-state index in [1.54, 1.807) is 38.6 Å². The van der Waals surface area contributed by atoms with Crippen molar-refractivity contribution in [3.8, 4) is 17.2 Å². The van der Waals surface area contributed by atoms with E-state index >= 15 is 0 Å². The second kappa shape index (κ2) is 8.28. The van der Waals surface area contributed by atoms with Crippen LogP contribution in [0.1, 0.15) is 23.0 Å². The van der Waals surface area contributed by atoms with E-state index in [-0.39, 0.29) is 5.91 Å². The average Bonchev–Trinajstić information content (AvgIpc) is 3.37. The van der Waals surface area contributed by atoms with Crippen LogP contribution >= 0.6 is 11.6 Å². The Morgan fingerprint density at radius 3 is 2.60 bits per heavy atom. The number of benzene rings is 2. The zero-order valence-corrected chi connectivity index (χ0v) is 17.6. The molecule has 1 N–H and O–H groups in total. The minimum atomic E-state index is -0.645. The summed E-state index contributed by atoms with van der Waals surface area (Å²) in [6.07, 6.45) is 3.33. The minimum absolute atomic E-state index is 0.239. The summed E-state index contributed by atoms with van der Waals surface area (Å²) < 4.78 is 18.5. The number of carbonyl (C=O) groups is 1. The van der Waals surface area contributed by atoms with Gasteiger partial charge in [0.05, 0.1) is 14.2 Å². The van der Waals surface area contributed by atoms with Crippen LogP contribution < -0.4 is 19.5 Å². The summed E-state index contributed by atoms with van der Waals surface area (Å²) in [7, 11) is 5.05. The molecule has 0 fully saturated rings. The van der Waals surface area contributed by atoms with Gasteiger partial charge in [-0.25, -0.2) is 4.98 Å². The number of aromatic nitrogens is 2. The fraction of sp³-hybridized carbons (Fsp3) is 0.273. The summed E-state index contributed by atoms with van der Waals surface area (Å²) in [5, 5.41) is 3.70. The highest BCUT2D eigenvalue weighted by Crippen LogP contribution is 2.33. The monoisotopic (exact) mass is 427 g/mol. The van der Waals surface area contributed by atoms with E-state index in [1.807, 2.05) is 36.0 Å².